The van der Waals surface area contributed by atoms with Crippen LogP contribution in [0.15, 0.2) is 37.4 Å². The van der Waals surface area contributed by atoms with Gasteiger partial charge in [-0.05, 0) is 32.9 Å². The quantitative estimate of drug-likeness (QED) is 0.0500. The molecule has 5 aromatic carbocycles. The second-order valence-corrected chi connectivity index (χ2v) is 13.2. The third-order valence-electron chi connectivity index (χ3n) is 9.52. The van der Waals surface area contributed by atoms with E-state index in [1.165, 1.54) is 27.3 Å². The molecule has 0 spiro atoms. The minimum absolute atomic E-state index is 0.941. The van der Waals surface area contributed by atoms with Crippen LogP contribution in [-0.4, -0.2) is 19.2 Å². The smallest absolute Gasteiger partial charge is 0.200 e. The van der Waals surface area contributed by atoms with Crippen molar-refractivity contribution in [3.63, 3.8) is 0 Å². The Hall–Kier alpha value is -5.80. The van der Waals surface area contributed by atoms with Gasteiger partial charge < -0.3 is 0 Å². The molecule has 5 aromatic rings. The molecule has 0 radical (unpaired) electrons. The maximum Gasteiger partial charge on any atom is 0.200 e. The molecule has 0 bridgehead atoms. The van der Waals surface area contributed by atoms with E-state index in [1.54, 1.807) is 0 Å². The fourth-order valence-electron chi connectivity index (χ4n) is 7.25. The van der Waals surface area contributed by atoms with E-state index >= 15 is 35.1 Å². The number of hydrogen-bond donors (Lipinski definition) is 1. The summed E-state index contributed by atoms with van der Waals surface area (Å²) in [5.41, 5.74) is -8.89. The molecule has 22 heteroatoms. The number of aryl methyl sites for hydroxylation is 3. The molecule has 1 nitrogen and oxygen atoms in total. The van der Waals surface area contributed by atoms with E-state index < -0.39 is 144 Å². The Bertz CT molecular complexity index is 2210. The lowest BCUT2D eigenvalue weighted by Gasteiger charge is -2.44. The first-order valence-electron chi connectivity index (χ1n) is 16.7. The Balaban J connectivity index is 0.000000430. The summed E-state index contributed by atoms with van der Waals surface area (Å²) >= 11 is 0. The zero-order chi connectivity index (χ0) is 46.5. The molecule has 0 fully saturated rings. The molecule has 0 aliphatic rings. The van der Waals surface area contributed by atoms with E-state index in [4.69, 9.17) is 0 Å². The minimum atomic E-state index is -7.22. The molecule has 0 aliphatic heterocycles. The van der Waals surface area contributed by atoms with Gasteiger partial charge in [-0.2, -0.15) is 0 Å². The number of rotatable bonds is 9. The molecule has 0 aliphatic carbocycles. The minimum Gasteiger partial charge on any atom is -0.296 e. The first kappa shape index (κ1) is 47.9. The Labute approximate surface area is 330 Å². The van der Waals surface area contributed by atoms with Crippen LogP contribution >= 0.6 is 0 Å². The van der Waals surface area contributed by atoms with Gasteiger partial charge in [-0.25, -0.2) is 87.8 Å². The van der Waals surface area contributed by atoms with E-state index in [9.17, 15) is 52.7 Å². The Morgan fingerprint density at radius 3 is 0.721 bits per heavy atom. The maximum atomic E-state index is 15.4. The second-order valence-electron chi connectivity index (χ2n) is 13.2. The van der Waals surface area contributed by atoms with Crippen LogP contribution in [0.2, 0.25) is 0 Å². The van der Waals surface area contributed by atoms with Crippen LogP contribution in [0.5, 0.6) is 0 Å². The Kier molecular flexibility index (Phi) is 13.9. The first-order valence-corrected chi connectivity index (χ1v) is 16.7. The summed E-state index contributed by atoms with van der Waals surface area (Å²) in [5, 5.41) is 0. The lowest BCUT2D eigenvalue weighted by molar-refractivity contribution is -0.819. The van der Waals surface area contributed by atoms with Crippen molar-refractivity contribution in [3.05, 3.63) is 170 Å². The SMILES string of the molecule is C=CC[NH+](CC=C)c1c(C)cc(C)cc1C.Fc1c(F)c(F)c([B-](c2c(F)c(F)c(F)c(F)c2F)(c2c(F)c(F)c(F)c(F)c2F)c2c(F)c(F)c(F)c(F)c2F)c(F)c1F. The van der Waals surface area contributed by atoms with Crippen LogP contribution < -0.4 is 26.8 Å². The van der Waals surface area contributed by atoms with Crippen molar-refractivity contribution in [2.45, 2.75) is 20.8 Å². The summed E-state index contributed by atoms with van der Waals surface area (Å²) in [6.45, 7) is 16.0. The van der Waals surface area contributed by atoms with Gasteiger partial charge in [-0.3, -0.25) is 4.90 Å². The van der Waals surface area contributed by atoms with Crippen LogP contribution in [0.25, 0.3) is 0 Å². The van der Waals surface area contributed by atoms with Crippen LogP contribution in [0.4, 0.5) is 93.5 Å². The van der Waals surface area contributed by atoms with Crippen LogP contribution in [-0.2, 0) is 0 Å². The molecule has 0 saturated carbocycles. The van der Waals surface area contributed by atoms with Gasteiger partial charge in [-0.1, -0.05) is 30.9 Å². The van der Waals surface area contributed by atoms with Crippen molar-refractivity contribution in [3.8, 4) is 0 Å². The zero-order valence-corrected chi connectivity index (χ0v) is 30.8. The van der Waals surface area contributed by atoms with Crippen LogP contribution in [0, 0.1) is 137 Å². The highest BCUT2D eigenvalue weighted by Gasteiger charge is 2.52. The highest BCUT2D eigenvalue weighted by Crippen LogP contribution is 2.31. The van der Waals surface area contributed by atoms with Gasteiger partial charge in [0.15, 0.2) is 69.8 Å². The number of halogens is 20. The molecule has 61 heavy (non-hydrogen) atoms. The number of nitrogens with one attached hydrogen (secondary N) is 1. The van der Waals surface area contributed by atoms with Crippen molar-refractivity contribution >= 4 is 33.7 Å². The van der Waals surface area contributed by atoms with E-state index in [1.807, 2.05) is 12.2 Å². The number of benzene rings is 5. The lowest BCUT2D eigenvalue weighted by Crippen LogP contribution is -3.07. The van der Waals surface area contributed by atoms with E-state index in [0.717, 1.165) is 13.1 Å². The molecular weight excluding hydrogens is 873 g/mol. The largest absolute Gasteiger partial charge is 0.296 e. The number of quaternary nitrogens is 1. The molecule has 5 rings (SSSR count). The van der Waals surface area contributed by atoms with Crippen LogP contribution in [0.1, 0.15) is 16.7 Å². The molecule has 0 aromatic heterocycles. The highest BCUT2D eigenvalue weighted by molar-refractivity contribution is 7.20. The van der Waals surface area contributed by atoms with Crippen LogP contribution in [0.3, 0.4) is 0 Å². The lowest BCUT2D eigenvalue weighted by atomic mass is 9.12. The summed E-state index contributed by atoms with van der Waals surface area (Å²) in [6, 6.07) is 4.49. The van der Waals surface area contributed by atoms with E-state index in [-0.39, 0.29) is 0 Å². The third-order valence-corrected chi connectivity index (χ3v) is 9.52. The molecule has 0 atom stereocenters. The fourth-order valence-corrected chi connectivity index (χ4v) is 7.25. The molecule has 326 valence electrons. The predicted molar refractivity (Wildman–Crippen MR) is 181 cm³/mol. The van der Waals surface area contributed by atoms with E-state index in [0.29, 0.717) is 0 Å². The summed E-state index contributed by atoms with van der Waals surface area (Å²) in [7, 11) is 0. The van der Waals surface area contributed by atoms with Gasteiger partial charge in [0.2, 0.25) is 0 Å². The Morgan fingerprint density at radius 2 is 0.541 bits per heavy atom. The monoisotopic (exact) mass is 895 g/mol. The van der Waals surface area contributed by atoms with Gasteiger partial charge in [-0.15, -0.1) is 21.9 Å². The fraction of sp³-hybridized carbons (Fsp3) is 0.128. The van der Waals surface area contributed by atoms with Gasteiger partial charge in [0, 0.05) is 11.1 Å². The predicted octanol–water partition coefficient (Wildman–Crippen LogP) is 8.35. The van der Waals surface area contributed by atoms with Gasteiger partial charge in [0.1, 0.15) is 71.5 Å². The summed E-state index contributed by atoms with van der Waals surface area (Å²) in [4.78, 5) is 1.42. The normalized spacial score (nSPS) is 11.6. The standard InChI is InChI=1S/C24BF20.C15H21N/c26-5-1(6(27)14(35)21(42)13(5)34)25(2-7(28)15(36)22(43)16(37)8(2)29,3-9(30)17(38)23(44)18(39)10(3)31)4-11(32)19(40)24(45)20(41)12(4)33;1-6-8-16(9-7-2)15-13(4)10-12(3)11-14(15)5/h;6-7,10-11H,1-2,8-9H2,3-5H3/q-1;/p+1. The summed E-state index contributed by atoms with van der Waals surface area (Å²) < 4.78 is 294. The van der Waals surface area contributed by atoms with Crippen molar-refractivity contribution in [2.75, 3.05) is 13.1 Å². The van der Waals surface area contributed by atoms with Crippen molar-refractivity contribution < 1.29 is 92.7 Å². The molecular formula is C39H22BF20N. The van der Waals surface area contributed by atoms with E-state index in [2.05, 4.69) is 46.1 Å². The molecule has 0 amide bonds. The molecule has 0 heterocycles. The van der Waals surface area contributed by atoms with Gasteiger partial charge in [0.25, 0.3) is 0 Å². The van der Waals surface area contributed by atoms with Crippen molar-refractivity contribution in [1.29, 1.82) is 0 Å². The van der Waals surface area contributed by atoms with Gasteiger partial charge >= 0.3 is 0 Å². The Morgan fingerprint density at radius 1 is 0.361 bits per heavy atom. The van der Waals surface area contributed by atoms with Crippen molar-refractivity contribution in [2.24, 2.45) is 0 Å². The summed E-state index contributed by atoms with van der Waals surface area (Å²) in [5.74, 6) is -71.4. The molecule has 0 unspecified atom stereocenters. The van der Waals surface area contributed by atoms with Crippen molar-refractivity contribution in [1.82, 2.24) is 0 Å². The average molecular weight is 895 g/mol. The highest BCUT2D eigenvalue weighted by atomic mass is 19.2. The first-order chi connectivity index (χ1) is 28.3. The third kappa shape index (κ3) is 7.52. The topological polar surface area (TPSA) is 4.44 Å². The zero-order valence-electron chi connectivity index (χ0n) is 30.8. The number of hydrogen-bond acceptors (Lipinski definition) is 0. The molecule has 1 N–H and O–H groups in total. The summed E-state index contributed by atoms with van der Waals surface area (Å²) in [6.07, 6.45) is -3.28. The average Bonchev–Trinajstić information content (AvgIpc) is 3.20. The molecule has 0 saturated heterocycles. The van der Waals surface area contributed by atoms with Gasteiger partial charge in [0.05, 0.1) is 0 Å². The maximum absolute atomic E-state index is 15.4. The second kappa shape index (κ2) is 17.7.